The predicted octanol–water partition coefficient (Wildman–Crippen LogP) is 1.19. The van der Waals surface area contributed by atoms with Gasteiger partial charge in [-0.05, 0) is 12.1 Å². The fourth-order valence-electron chi connectivity index (χ4n) is 3.36. The first kappa shape index (κ1) is 19.9. The van der Waals surface area contributed by atoms with E-state index < -0.39 is 23.4 Å². The number of nitro groups is 1. The average molecular weight is 416 g/mol. The molecule has 0 unspecified atom stereocenters. The molecule has 0 bridgehead atoms. The van der Waals surface area contributed by atoms with Gasteiger partial charge in [0.25, 0.3) is 5.69 Å². The molecule has 1 aromatic carbocycles. The maximum absolute atomic E-state index is 11.3. The molecule has 0 radical (unpaired) electrons. The lowest BCUT2D eigenvalue weighted by Gasteiger charge is -2.16. The Morgan fingerprint density at radius 3 is 3.00 bits per heavy atom. The van der Waals surface area contributed by atoms with Gasteiger partial charge in [-0.1, -0.05) is 0 Å². The van der Waals surface area contributed by atoms with E-state index >= 15 is 0 Å². The molecule has 0 saturated carbocycles. The third-order valence-corrected chi connectivity index (χ3v) is 4.93. The van der Waals surface area contributed by atoms with Gasteiger partial charge >= 0.3 is 0 Å². The summed E-state index contributed by atoms with van der Waals surface area (Å²) in [6.45, 7) is 0.0555. The highest BCUT2D eigenvalue weighted by atomic mass is 16.6. The molecule has 1 aliphatic heterocycles. The van der Waals surface area contributed by atoms with Crippen LogP contribution >= 0.6 is 0 Å². The van der Waals surface area contributed by atoms with E-state index in [4.69, 9.17) is 19.9 Å². The van der Waals surface area contributed by atoms with Crippen molar-refractivity contribution in [2.45, 2.75) is 31.5 Å². The fraction of sp³-hybridized carbons (Fsp3) is 0.389. The van der Waals surface area contributed by atoms with Crippen LogP contribution in [0.15, 0.2) is 30.9 Å². The number of rotatable bonds is 7. The minimum atomic E-state index is -0.780. The Bertz CT molecular complexity index is 1070. The van der Waals surface area contributed by atoms with Crippen molar-refractivity contribution < 1.29 is 24.2 Å². The maximum atomic E-state index is 11.3. The second kappa shape index (κ2) is 8.18. The second-order valence-electron chi connectivity index (χ2n) is 6.78. The van der Waals surface area contributed by atoms with Crippen molar-refractivity contribution in [3.8, 4) is 5.75 Å². The number of nitrogens with zero attached hydrogens (tertiary/aromatic N) is 5. The van der Waals surface area contributed by atoms with Crippen LogP contribution in [0.3, 0.4) is 0 Å². The number of hydrogen-bond donors (Lipinski definition) is 2. The fourth-order valence-corrected chi connectivity index (χ4v) is 3.36. The number of hydrogen-bond acceptors (Lipinski definition) is 10. The third-order valence-electron chi connectivity index (χ3n) is 4.93. The summed E-state index contributed by atoms with van der Waals surface area (Å²) in [4.78, 5) is 23.1. The Morgan fingerprint density at radius 1 is 1.40 bits per heavy atom. The summed E-state index contributed by atoms with van der Waals surface area (Å²) >= 11 is 0. The van der Waals surface area contributed by atoms with Crippen LogP contribution in [0.1, 0.15) is 18.2 Å². The minimum absolute atomic E-state index is 0.00464. The zero-order chi connectivity index (χ0) is 21.3. The van der Waals surface area contributed by atoms with E-state index in [1.807, 2.05) is 0 Å². The summed E-state index contributed by atoms with van der Waals surface area (Å²) in [7, 11) is 1.44. The van der Waals surface area contributed by atoms with Crippen LogP contribution in [0.4, 0.5) is 11.5 Å². The highest BCUT2D eigenvalue weighted by molar-refractivity contribution is 5.81. The number of ether oxygens (including phenoxy) is 3. The number of methoxy groups -OCH3 is 1. The van der Waals surface area contributed by atoms with E-state index in [9.17, 15) is 15.2 Å². The monoisotopic (exact) mass is 416 g/mol. The standard InChI is InChI=1S/C18H20N6O6/c1-28-11-3-2-10(12(4-11)24(26)27)6-29-7-14-13(25)5-15(30-14)23-9-22-16-17(19)20-8-21-18(16)23/h2-4,8-9,13-15,25H,5-7H2,1H3,(H2,19,20,21)/t13-,14+,15+/m0/s1. The topological polar surface area (TPSA) is 161 Å². The lowest BCUT2D eigenvalue weighted by Crippen LogP contribution is -2.26. The number of nitrogens with two attached hydrogens (primary N) is 1. The number of aliphatic hydroxyl groups is 1. The molecule has 12 heteroatoms. The van der Waals surface area contributed by atoms with Gasteiger partial charge in [0, 0.05) is 6.42 Å². The quantitative estimate of drug-likeness (QED) is 0.423. The van der Waals surface area contributed by atoms with Gasteiger partial charge in [-0.2, -0.15) is 0 Å². The highest BCUT2D eigenvalue weighted by Crippen LogP contribution is 2.32. The predicted molar refractivity (Wildman–Crippen MR) is 104 cm³/mol. The largest absolute Gasteiger partial charge is 0.497 e. The van der Waals surface area contributed by atoms with Gasteiger partial charge in [-0.15, -0.1) is 0 Å². The maximum Gasteiger partial charge on any atom is 0.278 e. The molecule has 1 fully saturated rings. The van der Waals surface area contributed by atoms with E-state index in [1.54, 1.807) is 16.7 Å². The first-order valence-corrected chi connectivity index (χ1v) is 9.13. The van der Waals surface area contributed by atoms with Crippen LogP contribution in [0.5, 0.6) is 5.75 Å². The molecule has 30 heavy (non-hydrogen) atoms. The van der Waals surface area contributed by atoms with Gasteiger partial charge in [0.05, 0.1) is 49.3 Å². The number of benzene rings is 1. The van der Waals surface area contributed by atoms with E-state index in [-0.39, 0.29) is 24.7 Å². The van der Waals surface area contributed by atoms with E-state index in [1.165, 1.54) is 25.8 Å². The average Bonchev–Trinajstić information content (AvgIpc) is 3.32. The van der Waals surface area contributed by atoms with Gasteiger partial charge in [-0.3, -0.25) is 14.7 Å². The van der Waals surface area contributed by atoms with Gasteiger partial charge in [0.15, 0.2) is 11.5 Å². The van der Waals surface area contributed by atoms with Gasteiger partial charge in [-0.25, -0.2) is 15.0 Å². The van der Waals surface area contributed by atoms with Crippen molar-refractivity contribution in [1.82, 2.24) is 19.5 Å². The van der Waals surface area contributed by atoms with Gasteiger partial charge in [0.2, 0.25) is 0 Å². The van der Waals surface area contributed by atoms with Crippen molar-refractivity contribution in [2.24, 2.45) is 0 Å². The molecule has 2 aromatic heterocycles. The Kier molecular flexibility index (Phi) is 5.44. The number of aliphatic hydroxyl groups excluding tert-OH is 1. The molecule has 0 spiro atoms. The molecule has 3 aromatic rings. The van der Waals surface area contributed by atoms with Crippen molar-refractivity contribution in [1.29, 1.82) is 0 Å². The molecule has 1 aliphatic rings. The zero-order valence-electron chi connectivity index (χ0n) is 16.0. The molecule has 1 saturated heterocycles. The van der Waals surface area contributed by atoms with Crippen molar-refractivity contribution >= 4 is 22.7 Å². The van der Waals surface area contributed by atoms with Crippen LogP contribution in [-0.4, -0.2) is 55.5 Å². The number of fused-ring (bicyclic) bond motifs is 1. The van der Waals surface area contributed by atoms with Crippen LogP contribution in [-0.2, 0) is 16.1 Å². The molecule has 0 aliphatic carbocycles. The Hall–Kier alpha value is -3.35. The molecular formula is C18H20N6O6. The Balaban J connectivity index is 1.41. The van der Waals surface area contributed by atoms with Crippen LogP contribution in [0, 0.1) is 10.1 Å². The van der Waals surface area contributed by atoms with Crippen LogP contribution in [0.25, 0.3) is 11.2 Å². The molecule has 0 amide bonds. The third kappa shape index (κ3) is 3.75. The van der Waals surface area contributed by atoms with Crippen LogP contribution < -0.4 is 10.5 Å². The summed E-state index contributed by atoms with van der Waals surface area (Å²) in [6.07, 6.45) is 1.30. The summed E-state index contributed by atoms with van der Waals surface area (Å²) in [5.41, 5.74) is 7.08. The highest BCUT2D eigenvalue weighted by Gasteiger charge is 2.36. The number of nitrogen functional groups attached to an aromatic ring is 1. The molecule has 3 atom stereocenters. The molecule has 3 heterocycles. The lowest BCUT2D eigenvalue weighted by molar-refractivity contribution is -0.386. The van der Waals surface area contributed by atoms with E-state index in [0.29, 0.717) is 28.9 Å². The normalized spacial score (nSPS) is 21.2. The van der Waals surface area contributed by atoms with Crippen molar-refractivity contribution in [3.63, 3.8) is 0 Å². The van der Waals surface area contributed by atoms with E-state index in [0.717, 1.165) is 0 Å². The lowest BCUT2D eigenvalue weighted by atomic mass is 10.1. The minimum Gasteiger partial charge on any atom is -0.497 e. The van der Waals surface area contributed by atoms with Crippen molar-refractivity contribution in [2.75, 3.05) is 19.5 Å². The summed E-state index contributed by atoms with van der Waals surface area (Å²) < 4.78 is 18.2. The number of anilines is 1. The summed E-state index contributed by atoms with van der Waals surface area (Å²) in [5, 5.41) is 21.6. The number of nitro benzene ring substituents is 1. The first-order chi connectivity index (χ1) is 14.5. The van der Waals surface area contributed by atoms with Crippen molar-refractivity contribution in [3.05, 3.63) is 46.5 Å². The number of aromatic nitrogens is 4. The van der Waals surface area contributed by atoms with Gasteiger partial charge in [0.1, 0.15) is 29.9 Å². The first-order valence-electron chi connectivity index (χ1n) is 9.13. The molecular weight excluding hydrogens is 396 g/mol. The molecule has 3 N–H and O–H groups in total. The Labute approximate surface area is 170 Å². The smallest absolute Gasteiger partial charge is 0.278 e. The molecule has 12 nitrogen and oxygen atoms in total. The number of imidazole rings is 1. The SMILES string of the molecule is COc1ccc(COC[C@H]2O[C@@H](n3cnc4c(N)ncnc43)C[C@@H]2O)c([N+](=O)[O-])c1. The Morgan fingerprint density at radius 2 is 2.23 bits per heavy atom. The second-order valence-corrected chi connectivity index (χ2v) is 6.78. The van der Waals surface area contributed by atoms with E-state index in [2.05, 4.69) is 15.0 Å². The summed E-state index contributed by atoms with van der Waals surface area (Å²) in [5.74, 6) is 0.651. The molecule has 4 rings (SSSR count). The summed E-state index contributed by atoms with van der Waals surface area (Å²) in [6, 6.07) is 4.54. The van der Waals surface area contributed by atoms with Crippen LogP contribution in [0.2, 0.25) is 0 Å². The zero-order valence-corrected chi connectivity index (χ0v) is 16.0. The molecule has 158 valence electrons. The van der Waals surface area contributed by atoms with Gasteiger partial charge < -0.3 is 25.1 Å².